The second-order valence-electron chi connectivity index (χ2n) is 4.01. The van der Waals surface area contributed by atoms with Gasteiger partial charge in [0.25, 0.3) is 0 Å². The van der Waals surface area contributed by atoms with Crippen LogP contribution in [0.4, 0.5) is 0 Å². The number of nitrogens with two attached hydrogens (primary N) is 1. The second kappa shape index (κ2) is 6.33. The monoisotopic (exact) mass is 292 g/mol. The molecule has 0 saturated heterocycles. The minimum Gasteiger partial charge on any atom is -0.493 e. The van der Waals surface area contributed by atoms with E-state index in [1.165, 1.54) is 6.33 Å². The molecule has 0 spiro atoms. The summed E-state index contributed by atoms with van der Waals surface area (Å²) in [5.74, 6) is 1.95. The molecule has 0 aliphatic heterocycles. The van der Waals surface area contributed by atoms with Crippen molar-refractivity contribution in [3.63, 3.8) is 0 Å². The molecule has 0 atom stereocenters. The lowest BCUT2D eigenvalue weighted by molar-refractivity contribution is 0.269. The summed E-state index contributed by atoms with van der Waals surface area (Å²) < 4.78 is 12.8. The molecule has 6 nitrogen and oxygen atoms in total. The van der Waals surface area contributed by atoms with Gasteiger partial charge in [-0.1, -0.05) is 12.2 Å². The zero-order chi connectivity index (χ0) is 14.5. The highest BCUT2D eigenvalue weighted by Crippen LogP contribution is 2.28. The molecule has 0 bridgehead atoms. The van der Waals surface area contributed by atoms with E-state index in [1.807, 2.05) is 6.92 Å². The van der Waals surface area contributed by atoms with Gasteiger partial charge in [0, 0.05) is 12.1 Å². The molecule has 106 valence electrons. The molecule has 0 aliphatic rings. The van der Waals surface area contributed by atoms with Crippen LogP contribution in [-0.2, 0) is 13.2 Å². The summed E-state index contributed by atoms with van der Waals surface area (Å²) in [4.78, 5) is 4.47. The number of thiocarbonyl (C=S) groups is 1. The fraction of sp³-hybridized carbons (Fsp3) is 0.308. The predicted octanol–water partition coefficient (Wildman–Crippen LogP) is 1.52. The largest absolute Gasteiger partial charge is 0.493 e. The molecular weight excluding hydrogens is 276 g/mol. The first-order valence-corrected chi connectivity index (χ1v) is 6.53. The Hall–Kier alpha value is -2.15. The maximum atomic E-state index is 5.72. The van der Waals surface area contributed by atoms with Crippen LogP contribution in [-0.4, -0.2) is 26.9 Å². The van der Waals surface area contributed by atoms with Gasteiger partial charge >= 0.3 is 0 Å². The average molecular weight is 292 g/mol. The minimum absolute atomic E-state index is 0.316. The number of rotatable bonds is 6. The first-order valence-electron chi connectivity index (χ1n) is 6.13. The Labute approximate surface area is 122 Å². The summed E-state index contributed by atoms with van der Waals surface area (Å²) in [5, 5.41) is 4.09. The van der Waals surface area contributed by atoms with Crippen LogP contribution in [0.3, 0.4) is 0 Å². The Kier molecular flexibility index (Phi) is 4.52. The van der Waals surface area contributed by atoms with Gasteiger partial charge in [-0.05, 0) is 25.1 Å². The number of methoxy groups -OCH3 is 1. The van der Waals surface area contributed by atoms with E-state index in [0.717, 1.165) is 17.9 Å². The molecule has 1 aromatic heterocycles. The molecule has 0 radical (unpaired) electrons. The lowest BCUT2D eigenvalue weighted by atomic mass is 10.2. The summed E-state index contributed by atoms with van der Waals surface area (Å²) in [7, 11) is 1.57. The Balaban J connectivity index is 2.15. The van der Waals surface area contributed by atoms with Crippen molar-refractivity contribution in [2.45, 2.75) is 20.1 Å². The molecule has 2 aromatic rings. The van der Waals surface area contributed by atoms with Gasteiger partial charge in [-0.15, -0.1) is 0 Å². The van der Waals surface area contributed by atoms with E-state index < -0.39 is 0 Å². The number of ether oxygens (including phenoxy) is 2. The summed E-state index contributed by atoms with van der Waals surface area (Å²) in [5.41, 5.74) is 6.33. The van der Waals surface area contributed by atoms with Crippen molar-refractivity contribution in [1.82, 2.24) is 14.8 Å². The van der Waals surface area contributed by atoms with Crippen LogP contribution in [0.2, 0.25) is 0 Å². The van der Waals surface area contributed by atoms with Crippen molar-refractivity contribution < 1.29 is 9.47 Å². The van der Waals surface area contributed by atoms with Gasteiger partial charge in [0.05, 0.1) is 7.11 Å². The maximum Gasteiger partial charge on any atom is 0.164 e. The number of nitrogens with zero attached hydrogens (tertiary/aromatic N) is 3. The molecule has 0 aliphatic carbocycles. The van der Waals surface area contributed by atoms with Crippen molar-refractivity contribution in [3.05, 3.63) is 35.9 Å². The van der Waals surface area contributed by atoms with E-state index >= 15 is 0 Å². The van der Waals surface area contributed by atoms with E-state index in [4.69, 9.17) is 27.4 Å². The Bertz CT molecular complexity index is 612. The highest BCUT2D eigenvalue weighted by Gasteiger charge is 2.09. The van der Waals surface area contributed by atoms with Crippen LogP contribution in [0.5, 0.6) is 11.5 Å². The Morgan fingerprint density at radius 2 is 2.20 bits per heavy atom. The fourth-order valence-electron chi connectivity index (χ4n) is 1.75. The summed E-state index contributed by atoms with van der Waals surface area (Å²) in [6, 6.07) is 5.33. The molecule has 2 N–H and O–H groups in total. The molecule has 0 fully saturated rings. The first kappa shape index (κ1) is 14.3. The average Bonchev–Trinajstić information content (AvgIpc) is 2.92. The lowest BCUT2D eigenvalue weighted by Crippen LogP contribution is -2.10. The highest BCUT2D eigenvalue weighted by molar-refractivity contribution is 7.80. The molecule has 0 amide bonds. The van der Waals surface area contributed by atoms with Crippen molar-refractivity contribution in [2.24, 2.45) is 5.73 Å². The smallest absolute Gasteiger partial charge is 0.164 e. The SMILES string of the molecule is CCn1ncnc1COc1ccc(C(N)=S)cc1OC. The third-order valence-electron chi connectivity index (χ3n) is 2.80. The van der Waals surface area contributed by atoms with Crippen LogP contribution in [0.1, 0.15) is 18.3 Å². The quantitative estimate of drug-likeness (QED) is 0.814. The number of aryl methyl sites for hydroxylation is 1. The molecule has 7 heteroatoms. The van der Waals surface area contributed by atoms with Gasteiger partial charge in [0.15, 0.2) is 17.3 Å². The third-order valence-corrected chi connectivity index (χ3v) is 3.04. The molecule has 1 aromatic carbocycles. The van der Waals surface area contributed by atoms with E-state index in [0.29, 0.717) is 23.1 Å². The second-order valence-corrected chi connectivity index (χ2v) is 4.45. The van der Waals surface area contributed by atoms with Gasteiger partial charge in [-0.2, -0.15) is 5.10 Å². The zero-order valence-electron chi connectivity index (χ0n) is 11.4. The van der Waals surface area contributed by atoms with Crippen LogP contribution < -0.4 is 15.2 Å². The molecular formula is C13H16N4O2S. The van der Waals surface area contributed by atoms with Crippen molar-refractivity contribution in [1.29, 1.82) is 0 Å². The number of hydrogen-bond acceptors (Lipinski definition) is 5. The number of benzene rings is 1. The van der Waals surface area contributed by atoms with Gasteiger partial charge < -0.3 is 15.2 Å². The van der Waals surface area contributed by atoms with Gasteiger partial charge in [-0.3, -0.25) is 0 Å². The third kappa shape index (κ3) is 3.05. The molecule has 1 heterocycles. The van der Waals surface area contributed by atoms with Crippen LogP contribution in [0.25, 0.3) is 0 Å². The van der Waals surface area contributed by atoms with Crippen molar-refractivity contribution >= 4 is 17.2 Å². The van der Waals surface area contributed by atoms with Crippen LogP contribution in [0.15, 0.2) is 24.5 Å². The summed E-state index contributed by atoms with van der Waals surface area (Å²) in [6.07, 6.45) is 1.51. The van der Waals surface area contributed by atoms with Crippen molar-refractivity contribution in [3.8, 4) is 11.5 Å². The van der Waals surface area contributed by atoms with E-state index in [9.17, 15) is 0 Å². The van der Waals surface area contributed by atoms with Gasteiger partial charge in [0.1, 0.15) is 17.9 Å². The summed E-state index contributed by atoms with van der Waals surface area (Å²) in [6.45, 7) is 3.06. The minimum atomic E-state index is 0.316. The maximum absolute atomic E-state index is 5.72. The van der Waals surface area contributed by atoms with Gasteiger partial charge in [0.2, 0.25) is 0 Å². The molecule has 20 heavy (non-hydrogen) atoms. The standard InChI is InChI=1S/C13H16N4O2S/c1-3-17-12(15-8-16-17)7-19-10-5-4-9(13(14)20)6-11(10)18-2/h4-6,8H,3,7H2,1-2H3,(H2,14,20). The molecule has 0 unspecified atom stereocenters. The summed E-state index contributed by atoms with van der Waals surface area (Å²) >= 11 is 4.94. The van der Waals surface area contributed by atoms with Crippen LogP contribution in [0, 0.1) is 0 Å². The lowest BCUT2D eigenvalue weighted by Gasteiger charge is -2.11. The zero-order valence-corrected chi connectivity index (χ0v) is 12.2. The molecule has 2 rings (SSSR count). The molecule has 0 saturated carbocycles. The number of hydrogen-bond donors (Lipinski definition) is 1. The van der Waals surface area contributed by atoms with E-state index in [2.05, 4.69) is 10.1 Å². The predicted molar refractivity (Wildman–Crippen MR) is 78.9 cm³/mol. The normalized spacial score (nSPS) is 10.3. The first-order chi connectivity index (χ1) is 9.65. The van der Waals surface area contributed by atoms with Crippen molar-refractivity contribution in [2.75, 3.05) is 7.11 Å². The fourth-order valence-corrected chi connectivity index (χ4v) is 1.87. The van der Waals surface area contributed by atoms with Crippen LogP contribution >= 0.6 is 12.2 Å². The van der Waals surface area contributed by atoms with Gasteiger partial charge in [-0.25, -0.2) is 9.67 Å². The van der Waals surface area contributed by atoms with E-state index in [-0.39, 0.29) is 0 Å². The Morgan fingerprint density at radius 1 is 1.40 bits per heavy atom. The highest BCUT2D eigenvalue weighted by atomic mass is 32.1. The topological polar surface area (TPSA) is 75.2 Å². The van der Waals surface area contributed by atoms with E-state index in [1.54, 1.807) is 30.0 Å². The Morgan fingerprint density at radius 3 is 2.85 bits per heavy atom. The number of aromatic nitrogens is 3.